The number of likely N-dealkylation sites (tertiary alicyclic amines) is 1. The highest BCUT2D eigenvalue weighted by Gasteiger charge is 2.25. The fraction of sp³-hybridized carbons (Fsp3) is 0.350. The van der Waals surface area contributed by atoms with Crippen LogP contribution in [0.15, 0.2) is 58.3 Å². The standard InChI is InChI=1S/C20H23N3OS.ClH/c21-15-6-5-12-22(14-15)20(24)11-13-23-16-7-1-3-9-18(16)25-19-10-4-2-8-17(19)23;/h1-4,7-10,15H,5-6,11-14,21H2;1H. The number of hydrogen-bond donors (Lipinski definition) is 1. The first-order valence-corrected chi connectivity index (χ1v) is 9.71. The van der Waals surface area contributed by atoms with Crippen molar-refractivity contribution in [1.82, 2.24) is 4.90 Å². The minimum absolute atomic E-state index is 0. The first-order chi connectivity index (χ1) is 12.2. The average Bonchev–Trinajstić information content (AvgIpc) is 2.65. The number of fused-ring (bicyclic) bond motifs is 2. The van der Waals surface area contributed by atoms with E-state index in [0.717, 1.165) is 19.4 Å². The number of carbonyl (C=O) groups is 1. The van der Waals surface area contributed by atoms with Crippen molar-refractivity contribution in [2.75, 3.05) is 24.5 Å². The summed E-state index contributed by atoms with van der Waals surface area (Å²) in [5.41, 5.74) is 8.40. The third-order valence-corrected chi connectivity index (χ3v) is 6.02. The van der Waals surface area contributed by atoms with E-state index >= 15 is 0 Å². The van der Waals surface area contributed by atoms with Crippen molar-refractivity contribution in [2.24, 2.45) is 5.73 Å². The predicted octanol–water partition coefficient (Wildman–Crippen LogP) is 4.05. The third kappa shape index (κ3) is 3.85. The molecule has 0 saturated carbocycles. The quantitative estimate of drug-likeness (QED) is 0.860. The van der Waals surface area contributed by atoms with Crippen LogP contribution in [0.25, 0.3) is 0 Å². The van der Waals surface area contributed by atoms with Gasteiger partial charge in [0.1, 0.15) is 0 Å². The van der Waals surface area contributed by atoms with Gasteiger partial charge in [-0.15, -0.1) is 12.4 Å². The van der Waals surface area contributed by atoms with Crippen molar-refractivity contribution in [3.8, 4) is 0 Å². The number of nitrogens with two attached hydrogens (primary N) is 1. The Bertz CT molecular complexity index is 740. The lowest BCUT2D eigenvalue weighted by atomic mass is 10.1. The minimum atomic E-state index is 0. The molecule has 1 atom stereocenters. The van der Waals surface area contributed by atoms with Crippen LogP contribution in [0.3, 0.4) is 0 Å². The van der Waals surface area contributed by atoms with Crippen LogP contribution in [0.4, 0.5) is 11.4 Å². The van der Waals surface area contributed by atoms with Crippen LogP contribution in [0, 0.1) is 0 Å². The summed E-state index contributed by atoms with van der Waals surface area (Å²) in [6.07, 6.45) is 2.55. The Morgan fingerprint density at radius 1 is 1.08 bits per heavy atom. The van der Waals surface area contributed by atoms with Crippen LogP contribution in [-0.4, -0.2) is 36.5 Å². The van der Waals surface area contributed by atoms with E-state index in [0.29, 0.717) is 19.5 Å². The largest absolute Gasteiger partial charge is 0.341 e. The van der Waals surface area contributed by atoms with E-state index in [2.05, 4.69) is 53.4 Å². The summed E-state index contributed by atoms with van der Waals surface area (Å²) < 4.78 is 0. The Morgan fingerprint density at radius 3 is 2.31 bits per heavy atom. The van der Waals surface area contributed by atoms with Crippen molar-refractivity contribution in [3.63, 3.8) is 0 Å². The molecule has 26 heavy (non-hydrogen) atoms. The van der Waals surface area contributed by atoms with E-state index in [1.807, 2.05) is 4.90 Å². The lowest BCUT2D eigenvalue weighted by molar-refractivity contribution is -0.132. The van der Waals surface area contributed by atoms with Crippen molar-refractivity contribution in [3.05, 3.63) is 48.5 Å². The van der Waals surface area contributed by atoms with Gasteiger partial charge in [-0.05, 0) is 37.1 Å². The van der Waals surface area contributed by atoms with E-state index in [1.54, 1.807) is 11.8 Å². The Morgan fingerprint density at radius 2 is 1.69 bits per heavy atom. The lowest BCUT2D eigenvalue weighted by Gasteiger charge is -2.34. The van der Waals surface area contributed by atoms with Crippen molar-refractivity contribution in [1.29, 1.82) is 0 Å². The van der Waals surface area contributed by atoms with E-state index in [4.69, 9.17) is 5.73 Å². The third-order valence-electron chi connectivity index (χ3n) is 4.89. The van der Waals surface area contributed by atoms with Crippen LogP contribution in [0.5, 0.6) is 0 Å². The molecule has 0 aliphatic carbocycles. The zero-order chi connectivity index (χ0) is 17.2. The maximum Gasteiger partial charge on any atom is 0.224 e. The maximum atomic E-state index is 12.6. The molecule has 138 valence electrons. The molecule has 2 aromatic rings. The van der Waals surface area contributed by atoms with Crippen LogP contribution in [-0.2, 0) is 4.79 Å². The summed E-state index contributed by atoms with van der Waals surface area (Å²) in [5, 5.41) is 0. The number of amides is 1. The topological polar surface area (TPSA) is 49.6 Å². The van der Waals surface area contributed by atoms with Crippen molar-refractivity contribution < 1.29 is 4.79 Å². The van der Waals surface area contributed by atoms with Gasteiger partial charge in [0.05, 0.1) is 11.4 Å². The van der Waals surface area contributed by atoms with Gasteiger partial charge in [-0.2, -0.15) is 0 Å². The lowest BCUT2D eigenvalue weighted by Crippen LogP contribution is -2.46. The first kappa shape index (κ1) is 19.1. The molecule has 2 aromatic carbocycles. The molecule has 0 spiro atoms. The summed E-state index contributed by atoms with van der Waals surface area (Å²) in [4.78, 5) is 19.4. The number of halogens is 1. The Balaban J connectivity index is 0.00000196. The van der Waals surface area contributed by atoms with Gasteiger partial charge in [0.15, 0.2) is 0 Å². The Kier molecular flexibility index (Phi) is 6.12. The number of piperidine rings is 1. The number of benzene rings is 2. The minimum Gasteiger partial charge on any atom is -0.341 e. The molecule has 2 aliphatic rings. The number of carbonyl (C=O) groups excluding carboxylic acids is 1. The van der Waals surface area contributed by atoms with Gasteiger partial charge in [0, 0.05) is 41.9 Å². The summed E-state index contributed by atoms with van der Waals surface area (Å²) in [7, 11) is 0. The van der Waals surface area contributed by atoms with Gasteiger partial charge in [-0.25, -0.2) is 0 Å². The Hall–Kier alpha value is -1.69. The monoisotopic (exact) mass is 389 g/mol. The molecular formula is C20H24ClN3OS. The summed E-state index contributed by atoms with van der Waals surface area (Å²) >= 11 is 1.80. The summed E-state index contributed by atoms with van der Waals surface area (Å²) in [6.45, 7) is 2.23. The predicted molar refractivity (Wildman–Crippen MR) is 110 cm³/mol. The van der Waals surface area contributed by atoms with Crippen molar-refractivity contribution >= 4 is 41.5 Å². The number of para-hydroxylation sites is 2. The molecular weight excluding hydrogens is 366 g/mol. The SMILES string of the molecule is Cl.NC1CCCN(C(=O)CCN2c3ccccc3Sc3ccccc32)C1. The van der Waals surface area contributed by atoms with Gasteiger partial charge in [-0.3, -0.25) is 4.79 Å². The Labute approximate surface area is 165 Å². The summed E-state index contributed by atoms with van der Waals surface area (Å²) in [6, 6.07) is 17.0. The van der Waals surface area contributed by atoms with Gasteiger partial charge in [-0.1, -0.05) is 36.0 Å². The first-order valence-electron chi connectivity index (χ1n) is 8.89. The number of anilines is 2. The molecule has 6 heteroatoms. The van der Waals surface area contributed by atoms with Gasteiger partial charge >= 0.3 is 0 Å². The second-order valence-corrected chi connectivity index (χ2v) is 7.76. The van der Waals surface area contributed by atoms with Crippen LogP contribution in [0.2, 0.25) is 0 Å². The fourth-order valence-electron chi connectivity index (χ4n) is 3.62. The van der Waals surface area contributed by atoms with Gasteiger partial charge < -0.3 is 15.5 Å². The number of nitrogens with zero attached hydrogens (tertiary/aromatic N) is 2. The van der Waals surface area contributed by atoms with Crippen LogP contribution < -0.4 is 10.6 Å². The maximum absolute atomic E-state index is 12.6. The second kappa shape index (κ2) is 8.33. The molecule has 1 fully saturated rings. The van der Waals surface area contributed by atoms with Crippen molar-refractivity contribution in [2.45, 2.75) is 35.1 Å². The smallest absolute Gasteiger partial charge is 0.224 e. The second-order valence-electron chi connectivity index (χ2n) is 6.68. The molecule has 1 unspecified atom stereocenters. The number of hydrogen-bond acceptors (Lipinski definition) is 4. The molecule has 4 rings (SSSR count). The molecule has 2 aliphatic heterocycles. The average molecular weight is 390 g/mol. The highest BCUT2D eigenvalue weighted by Crippen LogP contribution is 2.47. The van der Waals surface area contributed by atoms with E-state index in [-0.39, 0.29) is 24.4 Å². The normalized spacial score (nSPS) is 18.6. The highest BCUT2D eigenvalue weighted by atomic mass is 35.5. The molecule has 1 amide bonds. The molecule has 1 saturated heterocycles. The van der Waals surface area contributed by atoms with E-state index in [9.17, 15) is 4.79 Å². The number of rotatable bonds is 3. The molecule has 0 aromatic heterocycles. The highest BCUT2D eigenvalue weighted by molar-refractivity contribution is 7.99. The zero-order valence-corrected chi connectivity index (χ0v) is 16.3. The molecule has 0 radical (unpaired) electrons. The molecule has 4 nitrogen and oxygen atoms in total. The molecule has 0 bridgehead atoms. The van der Waals surface area contributed by atoms with Gasteiger partial charge in [0.25, 0.3) is 0 Å². The fourth-order valence-corrected chi connectivity index (χ4v) is 4.72. The molecule has 2 heterocycles. The van der Waals surface area contributed by atoms with Gasteiger partial charge in [0.2, 0.25) is 5.91 Å². The zero-order valence-electron chi connectivity index (χ0n) is 14.6. The summed E-state index contributed by atoms with van der Waals surface area (Å²) in [5.74, 6) is 0.211. The van der Waals surface area contributed by atoms with Crippen LogP contribution >= 0.6 is 24.2 Å². The molecule has 2 N–H and O–H groups in total. The van der Waals surface area contributed by atoms with E-state index < -0.39 is 0 Å². The van der Waals surface area contributed by atoms with Crippen LogP contribution in [0.1, 0.15) is 19.3 Å². The van der Waals surface area contributed by atoms with E-state index in [1.165, 1.54) is 21.2 Å².